The van der Waals surface area contributed by atoms with E-state index in [0.29, 0.717) is 5.75 Å². The quantitative estimate of drug-likeness (QED) is 0.623. The molecule has 2 aliphatic rings. The molecule has 0 radical (unpaired) electrons. The fourth-order valence-corrected chi connectivity index (χ4v) is 4.39. The molecule has 1 atom stereocenters. The van der Waals surface area contributed by atoms with Gasteiger partial charge in [-0.05, 0) is 70.0 Å². The standard InChI is InChI=1S/C24H27NO3/c1-13(2)11-19-21-15(22-18(28-19)10-9-17(26)23(22)27-6)7-8-16-20(21)14(3)12-24(4,5)25-16/h7-12,19,25-26H,1-6H3. The molecule has 0 aromatic heterocycles. The number of hydrogen-bond donors (Lipinski definition) is 2. The molecule has 0 amide bonds. The van der Waals surface area contributed by atoms with Gasteiger partial charge in [0.1, 0.15) is 11.9 Å². The van der Waals surface area contributed by atoms with Crippen LogP contribution >= 0.6 is 0 Å². The monoisotopic (exact) mass is 377 g/mol. The lowest BCUT2D eigenvalue weighted by atomic mass is 9.81. The number of benzene rings is 2. The third-order valence-electron chi connectivity index (χ3n) is 5.27. The minimum absolute atomic E-state index is 0.110. The molecule has 2 aliphatic heterocycles. The molecule has 2 aromatic rings. The van der Waals surface area contributed by atoms with E-state index in [-0.39, 0.29) is 17.4 Å². The van der Waals surface area contributed by atoms with Gasteiger partial charge in [0.15, 0.2) is 11.5 Å². The van der Waals surface area contributed by atoms with E-state index < -0.39 is 0 Å². The van der Waals surface area contributed by atoms with Gasteiger partial charge in [0.05, 0.1) is 18.2 Å². The Morgan fingerprint density at radius 3 is 2.61 bits per heavy atom. The van der Waals surface area contributed by atoms with Gasteiger partial charge in [0.25, 0.3) is 0 Å². The van der Waals surface area contributed by atoms with Crippen LogP contribution in [0.3, 0.4) is 0 Å². The van der Waals surface area contributed by atoms with Crippen LogP contribution in [0.5, 0.6) is 17.2 Å². The van der Waals surface area contributed by atoms with Crippen molar-refractivity contribution in [2.45, 2.75) is 46.3 Å². The van der Waals surface area contributed by atoms with Crippen molar-refractivity contribution in [1.82, 2.24) is 0 Å². The lowest BCUT2D eigenvalue weighted by Crippen LogP contribution is -2.32. The molecule has 4 nitrogen and oxygen atoms in total. The maximum absolute atomic E-state index is 10.3. The molecule has 0 fully saturated rings. The van der Waals surface area contributed by atoms with Crippen molar-refractivity contribution in [3.8, 4) is 28.4 Å². The highest BCUT2D eigenvalue weighted by Gasteiger charge is 2.34. The highest BCUT2D eigenvalue weighted by molar-refractivity contribution is 5.92. The molecule has 0 aliphatic carbocycles. The van der Waals surface area contributed by atoms with E-state index in [1.165, 1.54) is 11.1 Å². The topological polar surface area (TPSA) is 50.7 Å². The number of phenols is 1. The van der Waals surface area contributed by atoms with Crippen molar-refractivity contribution in [3.63, 3.8) is 0 Å². The predicted molar refractivity (Wildman–Crippen MR) is 114 cm³/mol. The number of nitrogens with one attached hydrogen (secondary N) is 1. The largest absolute Gasteiger partial charge is 0.504 e. The summed E-state index contributed by atoms with van der Waals surface area (Å²) in [6.07, 6.45) is 4.20. The van der Waals surface area contributed by atoms with Crippen LogP contribution in [0.25, 0.3) is 16.7 Å². The molecule has 0 saturated heterocycles. The first kappa shape index (κ1) is 18.5. The van der Waals surface area contributed by atoms with Crippen molar-refractivity contribution in [3.05, 3.63) is 53.1 Å². The molecular weight excluding hydrogens is 350 g/mol. The maximum atomic E-state index is 10.3. The third kappa shape index (κ3) is 2.84. The Balaban J connectivity index is 2.07. The third-order valence-corrected chi connectivity index (χ3v) is 5.27. The Morgan fingerprint density at radius 1 is 1.18 bits per heavy atom. The highest BCUT2D eigenvalue weighted by Crippen LogP contribution is 2.54. The van der Waals surface area contributed by atoms with Crippen molar-refractivity contribution in [1.29, 1.82) is 0 Å². The van der Waals surface area contributed by atoms with Gasteiger partial charge >= 0.3 is 0 Å². The van der Waals surface area contributed by atoms with Gasteiger partial charge in [-0.2, -0.15) is 0 Å². The van der Waals surface area contributed by atoms with Crippen molar-refractivity contribution >= 4 is 11.3 Å². The molecule has 4 rings (SSSR count). The number of aromatic hydroxyl groups is 1. The second-order valence-corrected chi connectivity index (χ2v) is 8.40. The lowest BCUT2D eigenvalue weighted by molar-refractivity contribution is 0.248. The fraction of sp³-hybridized carbons (Fsp3) is 0.333. The molecule has 28 heavy (non-hydrogen) atoms. The van der Waals surface area contributed by atoms with Crippen molar-refractivity contribution < 1.29 is 14.6 Å². The van der Waals surface area contributed by atoms with E-state index in [2.05, 4.69) is 64.2 Å². The number of ether oxygens (including phenoxy) is 2. The zero-order valence-electron chi connectivity index (χ0n) is 17.3. The van der Waals surface area contributed by atoms with Gasteiger partial charge in [-0.1, -0.05) is 17.7 Å². The van der Waals surface area contributed by atoms with Gasteiger partial charge in [0, 0.05) is 16.8 Å². The molecule has 2 N–H and O–H groups in total. The van der Waals surface area contributed by atoms with Crippen LogP contribution in [0, 0.1) is 0 Å². The van der Waals surface area contributed by atoms with E-state index in [0.717, 1.165) is 33.7 Å². The summed E-state index contributed by atoms with van der Waals surface area (Å²) in [6.45, 7) is 10.6. The number of hydrogen-bond acceptors (Lipinski definition) is 4. The smallest absolute Gasteiger partial charge is 0.172 e. The number of phenolic OH excluding ortho intramolecular Hbond substituents is 1. The summed E-state index contributed by atoms with van der Waals surface area (Å²) in [4.78, 5) is 0. The second kappa shape index (κ2) is 6.33. The predicted octanol–water partition coefficient (Wildman–Crippen LogP) is 6.07. The maximum Gasteiger partial charge on any atom is 0.172 e. The summed E-state index contributed by atoms with van der Waals surface area (Å²) in [7, 11) is 1.57. The van der Waals surface area contributed by atoms with Crippen molar-refractivity contribution in [2.24, 2.45) is 0 Å². The summed E-state index contributed by atoms with van der Waals surface area (Å²) >= 11 is 0. The van der Waals surface area contributed by atoms with Crippen molar-refractivity contribution in [2.75, 3.05) is 12.4 Å². The number of methoxy groups -OCH3 is 1. The molecular formula is C24H27NO3. The van der Waals surface area contributed by atoms with Gasteiger partial charge < -0.3 is 19.9 Å². The summed E-state index contributed by atoms with van der Waals surface area (Å²) in [6, 6.07) is 7.65. The summed E-state index contributed by atoms with van der Waals surface area (Å²) in [5.41, 5.74) is 7.49. The normalized spacial score (nSPS) is 18.5. The van der Waals surface area contributed by atoms with E-state index in [9.17, 15) is 5.11 Å². The SMILES string of the molecule is COc1c(O)ccc2c1-c1ccc3c(c1C(C=C(C)C)O2)C(C)=CC(C)(C)N3. The molecule has 0 saturated carbocycles. The van der Waals surface area contributed by atoms with Gasteiger partial charge in [0.2, 0.25) is 0 Å². The summed E-state index contributed by atoms with van der Waals surface area (Å²) in [5.74, 6) is 1.27. The van der Waals surface area contributed by atoms with Gasteiger partial charge in [-0.15, -0.1) is 0 Å². The van der Waals surface area contributed by atoms with Crippen LogP contribution in [0.4, 0.5) is 5.69 Å². The van der Waals surface area contributed by atoms with Crippen LogP contribution in [0.2, 0.25) is 0 Å². The first-order valence-corrected chi connectivity index (χ1v) is 9.59. The molecule has 0 spiro atoms. The number of rotatable bonds is 2. The second-order valence-electron chi connectivity index (χ2n) is 8.40. The number of allylic oxidation sites excluding steroid dienone is 2. The molecule has 0 bridgehead atoms. The molecule has 4 heteroatoms. The first-order chi connectivity index (χ1) is 13.2. The van der Waals surface area contributed by atoms with Crippen LogP contribution in [-0.4, -0.2) is 17.8 Å². The van der Waals surface area contributed by atoms with Gasteiger partial charge in [-0.25, -0.2) is 0 Å². The van der Waals surface area contributed by atoms with E-state index >= 15 is 0 Å². The minimum atomic E-state index is -0.205. The summed E-state index contributed by atoms with van der Waals surface area (Å²) in [5, 5.41) is 14.0. The zero-order valence-corrected chi connectivity index (χ0v) is 17.3. The number of fused-ring (bicyclic) bond motifs is 5. The van der Waals surface area contributed by atoms with E-state index in [1.807, 2.05) is 6.07 Å². The average molecular weight is 377 g/mol. The Morgan fingerprint density at radius 2 is 1.93 bits per heavy atom. The van der Waals surface area contributed by atoms with Crippen LogP contribution in [0.15, 0.2) is 42.0 Å². The van der Waals surface area contributed by atoms with Gasteiger partial charge in [-0.3, -0.25) is 0 Å². The van der Waals surface area contributed by atoms with Crippen LogP contribution in [0.1, 0.15) is 51.8 Å². The van der Waals surface area contributed by atoms with Crippen LogP contribution in [-0.2, 0) is 0 Å². The molecule has 146 valence electrons. The highest BCUT2D eigenvalue weighted by atomic mass is 16.5. The molecule has 2 aromatic carbocycles. The van der Waals surface area contributed by atoms with Crippen LogP contribution < -0.4 is 14.8 Å². The molecule has 1 unspecified atom stereocenters. The van der Waals surface area contributed by atoms with E-state index in [1.54, 1.807) is 13.2 Å². The van der Waals surface area contributed by atoms with E-state index in [4.69, 9.17) is 9.47 Å². The number of anilines is 1. The Labute approximate surface area is 166 Å². The Hall–Kier alpha value is -2.88. The Kier molecular flexibility index (Phi) is 4.18. The average Bonchev–Trinajstić information content (AvgIpc) is 2.60. The Bertz CT molecular complexity index is 1030. The fourth-order valence-electron chi connectivity index (χ4n) is 4.39. The zero-order chi connectivity index (χ0) is 20.2. The lowest BCUT2D eigenvalue weighted by Gasteiger charge is -2.37. The molecule has 2 heterocycles. The minimum Gasteiger partial charge on any atom is -0.504 e. The first-order valence-electron chi connectivity index (χ1n) is 9.59. The summed E-state index contributed by atoms with van der Waals surface area (Å²) < 4.78 is 12.0.